The molecule has 0 aliphatic rings. The molecule has 0 aromatic heterocycles. The molecule has 0 fully saturated rings. The maximum Gasteiger partial charge on any atom is 0.244 e. The molecule has 1 amide bonds. The van der Waals surface area contributed by atoms with Crippen LogP contribution in [0.2, 0.25) is 0 Å². The monoisotopic (exact) mass is 358 g/mol. The fourth-order valence-corrected chi connectivity index (χ4v) is 2.50. The van der Waals surface area contributed by atoms with Gasteiger partial charge in [-0.15, -0.1) is 0 Å². The molecule has 0 aliphatic heterocycles. The molecule has 1 N–H and O–H groups in total. The van der Waals surface area contributed by atoms with E-state index in [4.69, 9.17) is 4.74 Å². The number of hydrogen-bond acceptors (Lipinski definition) is 3. The van der Waals surface area contributed by atoms with Crippen molar-refractivity contribution in [2.45, 2.75) is 20.0 Å². The Morgan fingerprint density at radius 2 is 1.63 bits per heavy atom. The normalized spacial score (nSPS) is 10.7. The van der Waals surface area contributed by atoms with Crippen LogP contribution < -0.4 is 10.2 Å². The van der Waals surface area contributed by atoms with Gasteiger partial charge >= 0.3 is 0 Å². The number of carbonyl (C=O) groups is 1. The Hall–Kier alpha value is -3.40. The minimum absolute atomic E-state index is 0.141. The third-order valence-corrected chi connectivity index (χ3v) is 4.02. The summed E-state index contributed by atoms with van der Waals surface area (Å²) in [7, 11) is 0. The molecular formula is C23H22N2O2. The quantitative estimate of drug-likeness (QED) is 0.507. The molecule has 4 nitrogen and oxygen atoms in total. The number of amides is 1. The maximum atomic E-state index is 11.9. The molecule has 0 radical (unpaired) electrons. The number of nitrogens with one attached hydrogen (secondary N) is 1. The third-order valence-electron chi connectivity index (χ3n) is 4.02. The lowest BCUT2D eigenvalue weighted by atomic mass is 10.1. The first-order chi connectivity index (χ1) is 13.2. The van der Waals surface area contributed by atoms with Gasteiger partial charge in [-0.2, -0.15) is 5.10 Å². The molecule has 0 aliphatic carbocycles. The van der Waals surface area contributed by atoms with Gasteiger partial charge in [0.15, 0.2) is 0 Å². The van der Waals surface area contributed by atoms with Crippen molar-refractivity contribution in [3.8, 4) is 5.75 Å². The van der Waals surface area contributed by atoms with E-state index in [-0.39, 0.29) is 5.91 Å². The van der Waals surface area contributed by atoms with Gasteiger partial charge in [-0.05, 0) is 47.9 Å². The highest BCUT2D eigenvalue weighted by Gasteiger charge is 2.01. The second-order valence-corrected chi connectivity index (χ2v) is 6.30. The Labute approximate surface area is 159 Å². The summed E-state index contributed by atoms with van der Waals surface area (Å²) in [6.07, 6.45) is 1.93. The number of rotatable bonds is 7. The van der Waals surface area contributed by atoms with Crippen LogP contribution in [0.5, 0.6) is 5.75 Å². The topological polar surface area (TPSA) is 50.7 Å². The second kappa shape index (κ2) is 9.34. The van der Waals surface area contributed by atoms with Crippen molar-refractivity contribution in [3.05, 3.63) is 101 Å². The molecule has 0 unspecified atom stereocenters. The van der Waals surface area contributed by atoms with Crippen LogP contribution in [-0.4, -0.2) is 12.1 Å². The van der Waals surface area contributed by atoms with Crippen molar-refractivity contribution in [2.75, 3.05) is 0 Å². The van der Waals surface area contributed by atoms with Crippen molar-refractivity contribution in [3.63, 3.8) is 0 Å². The number of hydrogen-bond donors (Lipinski definition) is 1. The molecule has 0 bridgehead atoms. The lowest BCUT2D eigenvalue weighted by molar-refractivity contribution is -0.120. The average molecular weight is 358 g/mol. The van der Waals surface area contributed by atoms with E-state index in [9.17, 15) is 4.79 Å². The first-order valence-electron chi connectivity index (χ1n) is 8.83. The fourth-order valence-electron chi connectivity index (χ4n) is 2.50. The van der Waals surface area contributed by atoms with Crippen LogP contribution >= 0.6 is 0 Å². The summed E-state index contributed by atoms with van der Waals surface area (Å²) in [4.78, 5) is 11.9. The van der Waals surface area contributed by atoms with Crippen LogP contribution in [0.15, 0.2) is 84.0 Å². The van der Waals surface area contributed by atoms with E-state index in [1.54, 1.807) is 6.21 Å². The predicted molar refractivity (Wildman–Crippen MR) is 108 cm³/mol. The lowest BCUT2D eigenvalue weighted by Crippen LogP contribution is -2.19. The van der Waals surface area contributed by atoms with Gasteiger partial charge in [0.05, 0.1) is 12.6 Å². The minimum atomic E-state index is -0.141. The van der Waals surface area contributed by atoms with Gasteiger partial charge in [0.25, 0.3) is 0 Å². The summed E-state index contributed by atoms with van der Waals surface area (Å²) < 4.78 is 5.75. The van der Waals surface area contributed by atoms with Crippen LogP contribution in [0.3, 0.4) is 0 Å². The molecule has 0 saturated carbocycles. The van der Waals surface area contributed by atoms with Crippen LogP contribution in [0, 0.1) is 6.92 Å². The van der Waals surface area contributed by atoms with E-state index < -0.39 is 0 Å². The SMILES string of the molecule is Cc1ccc(CC(=O)NN=Cc2ccc(OCc3ccccc3)cc2)cc1. The number of ether oxygens (including phenoxy) is 1. The van der Waals surface area contributed by atoms with Gasteiger partial charge in [-0.25, -0.2) is 5.43 Å². The molecule has 0 atom stereocenters. The van der Waals surface area contributed by atoms with Gasteiger partial charge < -0.3 is 4.74 Å². The van der Waals surface area contributed by atoms with Crippen molar-refractivity contribution < 1.29 is 9.53 Å². The van der Waals surface area contributed by atoms with Gasteiger partial charge in [-0.3, -0.25) is 4.79 Å². The Kier molecular flexibility index (Phi) is 6.36. The highest BCUT2D eigenvalue weighted by atomic mass is 16.5. The summed E-state index contributed by atoms with van der Waals surface area (Å²) in [5.74, 6) is 0.650. The summed E-state index contributed by atoms with van der Waals surface area (Å²) in [6.45, 7) is 2.55. The van der Waals surface area contributed by atoms with Gasteiger partial charge in [-0.1, -0.05) is 60.2 Å². The number of aryl methyl sites for hydroxylation is 1. The number of hydrazone groups is 1. The number of nitrogens with zero attached hydrogens (tertiary/aromatic N) is 1. The van der Waals surface area contributed by atoms with Crippen molar-refractivity contribution in [1.82, 2.24) is 5.43 Å². The number of carbonyl (C=O) groups excluding carboxylic acids is 1. The Morgan fingerprint density at radius 1 is 0.926 bits per heavy atom. The molecule has 3 aromatic rings. The van der Waals surface area contributed by atoms with Gasteiger partial charge in [0, 0.05) is 0 Å². The van der Waals surface area contributed by atoms with E-state index >= 15 is 0 Å². The highest BCUT2D eigenvalue weighted by molar-refractivity contribution is 5.83. The lowest BCUT2D eigenvalue weighted by Gasteiger charge is -2.06. The van der Waals surface area contributed by atoms with Crippen molar-refractivity contribution >= 4 is 12.1 Å². The zero-order valence-corrected chi connectivity index (χ0v) is 15.3. The maximum absolute atomic E-state index is 11.9. The number of benzene rings is 3. The molecule has 0 saturated heterocycles. The predicted octanol–water partition coefficient (Wildman–Crippen LogP) is 4.27. The minimum Gasteiger partial charge on any atom is -0.489 e. The van der Waals surface area contributed by atoms with Crippen LogP contribution in [0.1, 0.15) is 22.3 Å². The molecular weight excluding hydrogens is 336 g/mol. The standard InChI is InChI=1S/C23H22N2O2/c1-18-7-9-19(10-8-18)15-23(26)25-24-16-20-11-13-22(14-12-20)27-17-21-5-3-2-4-6-21/h2-14,16H,15,17H2,1H3,(H,25,26). The zero-order chi connectivity index (χ0) is 18.9. The smallest absolute Gasteiger partial charge is 0.244 e. The van der Waals surface area contributed by atoms with E-state index in [1.807, 2.05) is 85.8 Å². The molecule has 136 valence electrons. The largest absolute Gasteiger partial charge is 0.489 e. The van der Waals surface area contributed by atoms with Crippen LogP contribution in [-0.2, 0) is 17.8 Å². The molecule has 0 heterocycles. The first kappa shape index (κ1) is 18.4. The highest BCUT2D eigenvalue weighted by Crippen LogP contribution is 2.13. The van der Waals surface area contributed by atoms with Crippen LogP contribution in [0.4, 0.5) is 0 Å². The zero-order valence-electron chi connectivity index (χ0n) is 15.3. The van der Waals surface area contributed by atoms with E-state index in [0.717, 1.165) is 22.4 Å². The molecule has 27 heavy (non-hydrogen) atoms. The molecule has 3 aromatic carbocycles. The Balaban J connectivity index is 1.46. The van der Waals surface area contributed by atoms with Gasteiger partial charge in [0.2, 0.25) is 5.91 Å². The third kappa shape index (κ3) is 6.12. The summed E-state index contributed by atoms with van der Waals surface area (Å²) in [5, 5.41) is 4.01. The van der Waals surface area contributed by atoms with E-state index in [1.165, 1.54) is 5.56 Å². The summed E-state index contributed by atoms with van der Waals surface area (Å²) >= 11 is 0. The Bertz CT molecular complexity index is 886. The molecule has 0 spiro atoms. The molecule has 4 heteroatoms. The summed E-state index contributed by atoms with van der Waals surface area (Å²) in [6, 6.07) is 25.5. The van der Waals surface area contributed by atoms with Crippen molar-refractivity contribution in [1.29, 1.82) is 0 Å². The fraction of sp³-hybridized carbons (Fsp3) is 0.130. The van der Waals surface area contributed by atoms with E-state index in [0.29, 0.717) is 13.0 Å². The van der Waals surface area contributed by atoms with Gasteiger partial charge in [0.1, 0.15) is 12.4 Å². The van der Waals surface area contributed by atoms with Crippen LogP contribution in [0.25, 0.3) is 0 Å². The molecule has 3 rings (SSSR count). The second-order valence-electron chi connectivity index (χ2n) is 6.30. The Morgan fingerprint density at radius 3 is 2.33 bits per heavy atom. The average Bonchev–Trinajstić information content (AvgIpc) is 2.70. The summed E-state index contributed by atoms with van der Waals surface area (Å²) in [5.41, 5.74) is 6.71. The van der Waals surface area contributed by atoms with Crippen molar-refractivity contribution in [2.24, 2.45) is 5.10 Å². The van der Waals surface area contributed by atoms with E-state index in [2.05, 4.69) is 10.5 Å². The first-order valence-corrected chi connectivity index (χ1v) is 8.83.